The average molecular weight is 251 g/mol. The third kappa shape index (κ3) is 5.38. The van der Waals surface area contributed by atoms with Crippen molar-refractivity contribution >= 4 is 33.7 Å². The van der Waals surface area contributed by atoms with Crippen molar-refractivity contribution in [1.82, 2.24) is 0 Å². The van der Waals surface area contributed by atoms with Crippen LogP contribution in [0.25, 0.3) is 0 Å². The Hall–Kier alpha value is -1.08. The molecule has 0 spiro atoms. The molecule has 84 valence electrons. The van der Waals surface area contributed by atoms with E-state index in [1.807, 2.05) is 0 Å². The second kappa shape index (κ2) is 6.41. The summed E-state index contributed by atoms with van der Waals surface area (Å²) in [5.41, 5.74) is 5.18. The van der Waals surface area contributed by atoms with Gasteiger partial charge in [0.15, 0.2) is 11.0 Å². The summed E-state index contributed by atoms with van der Waals surface area (Å²) in [5.74, 6) is -0.175. The summed E-state index contributed by atoms with van der Waals surface area (Å²) in [6.07, 6.45) is 1.72. The third-order valence-electron chi connectivity index (χ3n) is 1.29. The molecule has 0 aromatic rings. The van der Waals surface area contributed by atoms with Gasteiger partial charge >= 0.3 is 0 Å². The van der Waals surface area contributed by atoms with Crippen molar-refractivity contribution in [3.8, 4) is 0 Å². The summed E-state index contributed by atoms with van der Waals surface area (Å²) < 4.78 is 0. The molecule has 0 fully saturated rings. The maximum atomic E-state index is 10.4. The Labute approximate surface area is 96.4 Å². The molecule has 0 aromatic heterocycles. The van der Waals surface area contributed by atoms with E-state index in [2.05, 4.69) is 9.98 Å². The summed E-state index contributed by atoms with van der Waals surface area (Å²) >= 11 is 6.74. The van der Waals surface area contributed by atoms with Crippen LogP contribution in [0.1, 0.15) is 13.8 Å². The van der Waals surface area contributed by atoms with Gasteiger partial charge < -0.3 is 5.73 Å². The quantitative estimate of drug-likeness (QED) is 0.350. The van der Waals surface area contributed by atoms with Gasteiger partial charge in [-0.3, -0.25) is 10.1 Å². The molecule has 0 amide bonds. The first kappa shape index (κ1) is 13.9. The van der Waals surface area contributed by atoms with Crippen LogP contribution in [0.5, 0.6) is 0 Å². The van der Waals surface area contributed by atoms with E-state index in [4.69, 9.17) is 17.3 Å². The summed E-state index contributed by atoms with van der Waals surface area (Å²) in [6, 6.07) is 0. The molecule has 0 rings (SSSR count). The molecule has 0 unspecified atom stereocenters. The van der Waals surface area contributed by atoms with Crippen LogP contribution in [0, 0.1) is 10.1 Å². The second-order valence-corrected chi connectivity index (χ2v) is 3.76. The van der Waals surface area contributed by atoms with Gasteiger partial charge in [-0.2, -0.15) is 4.99 Å². The fraction of sp³-hybridized carbons (Fsp3) is 0.429. The zero-order valence-corrected chi connectivity index (χ0v) is 10.1. The summed E-state index contributed by atoms with van der Waals surface area (Å²) in [4.78, 5) is 17.4. The van der Waals surface area contributed by atoms with Crippen molar-refractivity contribution in [3.05, 3.63) is 21.6 Å². The number of aliphatic imine (C=N–C) groups is 2. The lowest BCUT2D eigenvalue weighted by Gasteiger charge is -1.97. The zero-order valence-electron chi connectivity index (χ0n) is 8.52. The number of nitrogens with zero attached hydrogens (tertiary/aromatic N) is 3. The molecule has 0 bridgehead atoms. The van der Waals surface area contributed by atoms with Crippen molar-refractivity contribution < 1.29 is 4.92 Å². The number of thioether (sulfide) groups is 1. The molecule has 8 heteroatoms. The van der Waals surface area contributed by atoms with Crippen molar-refractivity contribution in [2.75, 3.05) is 6.26 Å². The van der Waals surface area contributed by atoms with Crippen LogP contribution in [0.4, 0.5) is 0 Å². The van der Waals surface area contributed by atoms with Gasteiger partial charge in [0.2, 0.25) is 0 Å². The van der Waals surface area contributed by atoms with Crippen LogP contribution in [0.3, 0.4) is 0 Å². The molecule has 0 aliphatic carbocycles. The van der Waals surface area contributed by atoms with Gasteiger partial charge in [0.1, 0.15) is 5.17 Å². The van der Waals surface area contributed by atoms with E-state index in [1.54, 1.807) is 13.2 Å². The van der Waals surface area contributed by atoms with Crippen LogP contribution in [-0.4, -0.2) is 21.5 Å². The highest BCUT2D eigenvalue weighted by Gasteiger charge is 2.09. The maximum Gasteiger partial charge on any atom is 0.284 e. The van der Waals surface area contributed by atoms with Crippen LogP contribution >= 0.6 is 23.4 Å². The number of allylic oxidation sites excluding steroid dienone is 1. The SMILES string of the molecule is CSC(/N=C(\C)Cl)=N/C(N)=C(\C)[N+](=O)[O-]. The van der Waals surface area contributed by atoms with E-state index >= 15 is 0 Å². The normalized spacial score (nSPS) is 14.9. The average Bonchev–Trinajstić information content (AvgIpc) is 2.14. The Bertz CT molecular complexity index is 347. The molecule has 0 saturated heterocycles. The van der Waals surface area contributed by atoms with E-state index in [9.17, 15) is 10.1 Å². The molecule has 0 aromatic carbocycles. The van der Waals surface area contributed by atoms with E-state index in [-0.39, 0.29) is 21.9 Å². The van der Waals surface area contributed by atoms with E-state index in [0.717, 1.165) is 0 Å². The zero-order chi connectivity index (χ0) is 12.0. The Kier molecular flexibility index (Phi) is 5.95. The van der Waals surface area contributed by atoms with Gasteiger partial charge in [-0.25, -0.2) is 4.99 Å². The molecule has 0 heterocycles. The summed E-state index contributed by atoms with van der Waals surface area (Å²) in [7, 11) is 0. The van der Waals surface area contributed by atoms with Crippen molar-refractivity contribution in [2.24, 2.45) is 15.7 Å². The Morgan fingerprint density at radius 1 is 1.47 bits per heavy atom. The molecular formula is C7H11ClN4O2S. The molecular weight excluding hydrogens is 240 g/mol. The van der Waals surface area contributed by atoms with Gasteiger partial charge in [0, 0.05) is 6.92 Å². The summed E-state index contributed by atoms with van der Waals surface area (Å²) in [6.45, 7) is 2.85. The van der Waals surface area contributed by atoms with Crippen LogP contribution in [0.2, 0.25) is 0 Å². The molecule has 0 saturated carbocycles. The maximum absolute atomic E-state index is 10.4. The molecule has 0 atom stereocenters. The van der Waals surface area contributed by atoms with Crippen LogP contribution in [-0.2, 0) is 0 Å². The Morgan fingerprint density at radius 2 is 2.00 bits per heavy atom. The van der Waals surface area contributed by atoms with Gasteiger partial charge in [0.05, 0.1) is 4.92 Å². The van der Waals surface area contributed by atoms with E-state index in [1.165, 1.54) is 18.7 Å². The van der Waals surface area contributed by atoms with Crippen molar-refractivity contribution in [3.63, 3.8) is 0 Å². The number of rotatable bonds is 2. The van der Waals surface area contributed by atoms with E-state index in [0.29, 0.717) is 0 Å². The fourth-order valence-electron chi connectivity index (χ4n) is 0.526. The monoisotopic (exact) mass is 250 g/mol. The highest BCUT2D eigenvalue weighted by molar-refractivity contribution is 8.13. The first-order chi connectivity index (χ1) is 6.88. The van der Waals surface area contributed by atoms with Crippen LogP contribution in [0.15, 0.2) is 21.5 Å². The topological polar surface area (TPSA) is 93.9 Å². The number of nitro groups is 1. The first-order valence-corrected chi connectivity index (χ1v) is 5.43. The van der Waals surface area contributed by atoms with Gasteiger partial charge in [-0.15, -0.1) is 0 Å². The molecule has 0 aliphatic rings. The number of hydrogen-bond donors (Lipinski definition) is 1. The molecule has 6 nitrogen and oxygen atoms in total. The minimum atomic E-state index is -0.603. The molecule has 2 N–H and O–H groups in total. The minimum Gasteiger partial charge on any atom is -0.378 e. The molecule has 15 heavy (non-hydrogen) atoms. The third-order valence-corrected chi connectivity index (χ3v) is 1.93. The van der Waals surface area contributed by atoms with Gasteiger partial charge in [-0.1, -0.05) is 23.4 Å². The number of amidine groups is 1. The first-order valence-electron chi connectivity index (χ1n) is 3.82. The lowest BCUT2D eigenvalue weighted by atomic mass is 10.5. The van der Waals surface area contributed by atoms with Crippen LogP contribution < -0.4 is 5.73 Å². The van der Waals surface area contributed by atoms with Crippen molar-refractivity contribution in [2.45, 2.75) is 13.8 Å². The predicted octanol–water partition coefficient (Wildman–Crippen LogP) is 1.79. The number of hydrogen-bond acceptors (Lipinski definition) is 5. The second-order valence-electron chi connectivity index (χ2n) is 2.44. The highest BCUT2D eigenvalue weighted by Crippen LogP contribution is 2.07. The predicted molar refractivity (Wildman–Crippen MR) is 63.8 cm³/mol. The Balaban J connectivity index is 5.09. The largest absolute Gasteiger partial charge is 0.378 e. The number of nitrogens with two attached hydrogens (primary N) is 1. The highest BCUT2D eigenvalue weighted by atomic mass is 35.5. The van der Waals surface area contributed by atoms with Crippen molar-refractivity contribution in [1.29, 1.82) is 0 Å². The fourth-order valence-corrected chi connectivity index (χ4v) is 1.07. The van der Waals surface area contributed by atoms with Gasteiger partial charge in [0.25, 0.3) is 5.70 Å². The lowest BCUT2D eigenvalue weighted by Crippen LogP contribution is -2.07. The Morgan fingerprint density at radius 3 is 2.33 bits per heavy atom. The molecule has 0 radical (unpaired) electrons. The minimum absolute atomic E-state index is 0.175. The standard InChI is InChI=1S/C7H11ClN4O2S/c1-4(12(13)14)6(9)11-7(15-3)10-5(2)8/h9H2,1-3H3/b6-4+,10-5+,11-7+. The van der Waals surface area contributed by atoms with E-state index < -0.39 is 4.92 Å². The number of halogens is 1. The molecule has 0 aliphatic heterocycles. The smallest absolute Gasteiger partial charge is 0.284 e. The van der Waals surface area contributed by atoms with Gasteiger partial charge in [-0.05, 0) is 13.2 Å². The summed E-state index contributed by atoms with van der Waals surface area (Å²) in [5, 5.41) is 10.9. The lowest BCUT2D eigenvalue weighted by molar-refractivity contribution is -0.425.